The Bertz CT molecular complexity index is 1030. The van der Waals surface area contributed by atoms with Gasteiger partial charge in [-0.15, -0.1) is 0 Å². The van der Waals surface area contributed by atoms with Crippen LogP contribution in [0.15, 0.2) is 18.2 Å². The minimum Gasteiger partial charge on any atom is -0.504 e. The Morgan fingerprint density at radius 2 is 1.89 bits per heavy atom. The van der Waals surface area contributed by atoms with Crippen LogP contribution in [0, 0.1) is 23.7 Å². The van der Waals surface area contributed by atoms with Crippen molar-refractivity contribution in [3.63, 3.8) is 0 Å². The number of hydrogen-bond acceptors (Lipinski definition) is 9. The molecule has 37 heavy (non-hydrogen) atoms. The van der Waals surface area contributed by atoms with Gasteiger partial charge >= 0.3 is 5.97 Å². The summed E-state index contributed by atoms with van der Waals surface area (Å²) in [5.41, 5.74) is 0.0534. The van der Waals surface area contributed by atoms with Crippen molar-refractivity contribution in [2.24, 2.45) is 23.7 Å². The summed E-state index contributed by atoms with van der Waals surface area (Å²) < 4.78 is 18.3. The lowest BCUT2D eigenvalue weighted by molar-refractivity contribution is -0.576. The molecule has 1 aromatic carbocycles. The van der Waals surface area contributed by atoms with Gasteiger partial charge in [0, 0.05) is 31.2 Å². The number of benzene rings is 1. The normalized spacial score (nSPS) is 38.4. The van der Waals surface area contributed by atoms with E-state index in [1.54, 1.807) is 6.07 Å². The molecular formula is C27H37NO9. The van der Waals surface area contributed by atoms with Crippen LogP contribution in [-0.4, -0.2) is 52.6 Å². The topological polar surface area (TPSA) is 133 Å². The van der Waals surface area contributed by atoms with Crippen LogP contribution in [0.5, 0.6) is 11.5 Å². The van der Waals surface area contributed by atoms with Gasteiger partial charge in [0.1, 0.15) is 0 Å². The molecule has 5 aliphatic rings. The number of amides is 1. The minimum absolute atomic E-state index is 0.0112. The van der Waals surface area contributed by atoms with Gasteiger partial charge in [-0.25, -0.2) is 9.78 Å². The van der Waals surface area contributed by atoms with Gasteiger partial charge in [-0.3, -0.25) is 9.59 Å². The molecule has 8 atom stereocenters. The lowest BCUT2D eigenvalue weighted by Gasteiger charge is -2.59. The van der Waals surface area contributed by atoms with Crippen LogP contribution < -0.4 is 5.32 Å². The number of carbonyl (C=O) groups is 2. The summed E-state index contributed by atoms with van der Waals surface area (Å²) in [7, 11) is 0. The van der Waals surface area contributed by atoms with E-state index >= 15 is 0 Å². The second kappa shape index (κ2) is 10.1. The SMILES string of the molecule is C[C@H]1[C@H](OC(=O)CCC(=O)NCCc2ccc(O)c(O)c2)O[C@@H]2O[C@]3(C)CC[C@H]4[C@H](C)CC[C@@H]1[C@@]24OO3. The van der Waals surface area contributed by atoms with Crippen LogP contribution in [0.4, 0.5) is 0 Å². The largest absolute Gasteiger partial charge is 0.504 e. The Morgan fingerprint density at radius 1 is 1.08 bits per heavy atom. The van der Waals surface area contributed by atoms with E-state index in [0.29, 0.717) is 25.3 Å². The fourth-order valence-electron chi connectivity index (χ4n) is 6.57. The van der Waals surface area contributed by atoms with E-state index in [9.17, 15) is 19.8 Å². The average molecular weight is 520 g/mol. The first kappa shape index (κ1) is 26.2. The van der Waals surface area contributed by atoms with E-state index in [2.05, 4.69) is 12.2 Å². The summed E-state index contributed by atoms with van der Waals surface area (Å²) in [5.74, 6) is -1.47. The lowest BCUT2D eigenvalue weighted by Crippen LogP contribution is -2.70. The second-order valence-electron chi connectivity index (χ2n) is 11.2. The molecule has 0 radical (unpaired) electrons. The Balaban J connectivity index is 1.14. The van der Waals surface area contributed by atoms with Gasteiger partial charge < -0.3 is 29.7 Å². The average Bonchev–Trinajstić information content (AvgIpc) is 3.09. The summed E-state index contributed by atoms with van der Waals surface area (Å²) in [4.78, 5) is 36.8. The fraction of sp³-hybridized carbons (Fsp3) is 0.704. The number of rotatable bonds is 7. The molecule has 4 saturated heterocycles. The highest BCUT2D eigenvalue weighted by Crippen LogP contribution is 2.60. The number of carbonyl (C=O) groups excluding carboxylic acids is 2. The maximum absolute atomic E-state index is 12.7. The Morgan fingerprint density at radius 3 is 2.68 bits per heavy atom. The predicted molar refractivity (Wildman–Crippen MR) is 129 cm³/mol. The zero-order valence-electron chi connectivity index (χ0n) is 21.6. The number of fused-ring (bicyclic) bond motifs is 2. The maximum atomic E-state index is 12.7. The molecular weight excluding hydrogens is 482 g/mol. The molecule has 5 fully saturated rings. The van der Waals surface area contributed by atoms with Crippen molar-refractivity contribution in [1.82, 2.24) is 5.32 Å². The number of nitrogens with one attached hydrogen (secondary N) is 1. The molecule has 2 bridgehead atoms. The third kappa shape index (κ3) is 4.92. The van der Waals surface area contributed by atoms with E-state index in [4.69, 9.17) is 24.0 Å². The van der Waals surface area contributed by atoms with Crippen LogP contribution in [0.25, 0.3) is 0 Å². The number of phenols is 2. The van der Waals surface area contributed by atoms with Gasteiger partial charge in [-0.1, -0.05) is 19.9 Å². The number of aromatic hydroxyl groups is 2. The van der Waals surface area contributed by atoms with Gasteiger partial charge in [0.05, 0.1) is 6.42 Å². The number of esters is 1. The van der Waals surface area contributed by atoms with E-state index < -0.39 is 29.9 Å². The molecule has 6 rings (SSSR count). The first-order valence-electron chi connectivity index (χ1n) is 13.3. The zero-order valence-corrected chi connectivity index (χ0v) is 21.6. The molecule has 4 aliphatic heterocycles. The van der Waals surface area contributed by atoms with Crippen LogP contribution in [0.1, 0.15) is 64.9 Å². The van der Waals surface area contributed by atoms with Crippen molar-refractivity contribution in [2.45, 2.75) is 89.7 Å². The van der Waals surface area contributed by atoms with Crippen molar-refractivity contribution >= 4 is 11.9 Å². The van der Waals surface area contributed by atoms with Gasteiger partial charge in [0.15, 0.2) is 23.4 Å². The Labute approximate surface area is 216 Å². The lowest BCUT2D eigenvalue weighted by atomic mass is 9.58. The molecule has 0 unspecified atom stereocenters. The molecule has 1 aliphatic carbocycles. The van der Waals surface area contributed by atoms with Crippen molar-refractivity contribution in [3.05, 3.63) is 23.8 Å². The Hall–Kier alpha value is -2.40. The molecule has 10 heteroatoms. The van der Waals surface area contributed by atoms with E-state index in [1.165, 1.54) is 12.1 Å². The third-order valence-corrected chi connectivity index (χ3v) is 8.68. The quantitative estimate of drug-likeness (QED) is 0.282. The molecule has 1 spiro atoms. The first-order valence-corrected chi connectivity index (χ1v) is 13.3. The van der Waals surface area contributed by atoms with E-state index in [-0.39, 0.29) is 48.0 Å². The third-order valence-electron chi connectivity index (χ3n) is 8.68. The Kier molecular flexibility index (Phi) is 7.12. The minimum atomic E-state index is -0.899. The highest BCUT2D eigenvalue weighted by Gasteiger charge is 2.69. The van der Waals surface area contributed by atoms with Crippen molar-refractivity contribution in [2.75, 3.05) is 6.54 Å². The van der Waals surface area contributed by atoms with Gasteiger partial charge in [-0.2, -0.15) is 0 Å². The van der Waals surface area contributed by atoms with Crippen molar-refractivity contribution in [1.29, 1.82) is 0 Å². The summed E-state index contributed by atoms with van der Waals surface area (Å²) in [6, 6.07) is 4.52. The highest BCUT2D eigenvalue weighted by molar-refractivity contribution is 5.81. The molecule has 4 heterocycles. The van der Waals surface area contributed by atoms with Crippen LogP contribution in [-0.2, 0) is 40.0 Å². The number of hydrogen-bond donors (Lipinski definition) is 3. The van der Waals surface area contributed by atoms with Crippen molar-refractivity contribution in [3.8, 4) is 11.5 Å². The highest BCUT2D eigenvalue weighted by atomic mass is 17.3. The molecule has 204 valence electrons. The molecule has 1 amide bonds. The maximum Gasteiger partial charge on any atom is 0.308 e. The fourth-order valence-corrected chi connectivity index (χ4v) is 6.57. The summed E-state index contributed by atoms with van der Waals surface area (Å²) in [6.07, 6.45) is 2.50. The van der Waals surface area contributed by atoms with Crippen LogP contribution >= 0.6 is 0 Å². The molecule has 0 aromatic heterocycles. The first-order chi connectivity index (χ1) is 17.6. The molecule has 10 nitrogen and oxygen atoms in total. The van der Waals surface area contributed by atoms with E-state index in [0.717, 1.165) is 24.8 Å². The predicted octanol–water partition coefficient (Wildman–Crippen LogP) is 3.29. The van der Waals surface area contributed by atoms with Crippen LogP contribution in [0.3, 0.4) is 0 Å². The van der Waals surface area contributed by atoms with Gasteiger partial charge in [0.2, 0.25) is 18.0 Å². The monoisotopic (exact) mass is 519 g/mol. The summed E-state index contributed by atoms with van der Waals surface area (Å²) >= 11 is 0. The van der Waals surface area contributed by atoms with Gasteiger partial charge in [-0.05, 0) is 62.1 Å². The number of ether oxygens (including phenoxy) is 3. The zero-order chi connectivity index (χ0) is 26.4. The van der Waals surface area contributed by atoms with Crippen LogP contribution in [0.2, 0.25) is 0 Å². The van der Waals surface area contributed by atoms with Crippen molar-refractivity contribution < 1.29 is 43.8 Å². The summed E-state index contributed by atoms with van der Waals surface area (Å²) in [6.45, 7) is 6.44. The number of phenolic OH excluding ortho intramolecular Hbond substituents is 2. The second-order valence-corrected chi connectivity index (χ2v) is 11.2. The summed E-state index contributed by atoms with van der Waals surface area (Å²) in [5, 5.41) is 21.7. The standard InChI is InChI=1S/C27H37NO9/c1-15-4-6-19-16(2)24(34-25-27(19)18(15)10-12-26(3,35-25)36-37-27)33-23(32)9-8-22(31)28-13-11-17-5-7-20(29)21(30)14-17/h5,7,14-16,18-19,24-25,29-30H,4,6,8-13H2,1-3H3,(H,28,31)/t15-,16-,18+,19+,24-,25-,26+,27-/m1/s1. The van der Waals surface area contributed by atoms with E-state index in [1.807, 2.05) is 13.8 Å². The molecule has 3 N–H and O–H groups in total. The smallest absolute Gasteiger partial charge is 0.308 e. The molecule has 1 saturated carbocycles. The van der Waals surface area contributed by atoms with Gasteiger partial charge in [0.25, 0.3) is 0 Å². The molecule has 1 aromatic rings.